The molecule has 0 bridgehead atoms. The normalized spacial score (nSPS) is 9.83. The molecular formula is C5H4ClN3O3. The van der Waals surface area contributed by atoms with Gasteiger partial charge in [0.2, 0.25) is 0 Å². The first-order valence-electron chi connectivity index (χ1n) is 2.90. The SMILES string of the molecule is Cn1ncc(C(=O)Cl)c1[N+](=O)[O-]. The number of aromatic nitrogens is 2. The van der Waals surface area contributed by atoms with Gasteiger partial charge in [-0.3, -0.25) is 4.79 Å². The van der Waals surface area contributed by atoms with Gasteiger partial charge in [-0.05, 0) is 16.5 Å². The van der Waals surface area contributed by atoms with Crippen LogP contribution < -0.4 is 0 Å². The van der Waals surface area contributed by atoms with Gasteiger partial charge in [0.15, 0.2) is 5.56 Å². The molecule has 0 unspecified atom stereocenters. The van der Waals surface area contributed by atoms with Gasteiger partial charge in [0, 0.05) is 0 Å². The summed E-state index contributed by atoms with van der Waals surface area (Å²) < 4.78 is 0.982. The predicted molar refractivity (Wildman–Crippen MR) is 40.0 cm³/mol. The maximum absolute atomic E-state index is 10.6. The number of nitrogens with zero attached hydrogens (tertiary/aromatic N) is 3. The molecule has 1 aromatic heterocycles. The first-order chi connectivity index (χ1) is 5.54. The topological polar surface area (TPSA) is 78.0 Å². The van der Waals surface area contributed by atoms with Crippen LogP contribution in [0.25, 0.3) is 0 Å². The average molecular weight is 190 g/mol. The Morgan fingerprint density at radius 3 is 2.75 bits per heavy atom. The molecule has 1 heterocycles. The van der Waals surface area contributed by atoms with Crippen molar-refractivity contribution in [3.05, 3.63) is 21.9 Å². The van der Waals surface area contributed by atoms with Crippen LogP contribution >= 0.6 is 11.6 Å². The summed E-state index contributed by atoms with van der Waals surface area (Å²) in [6, 6.07) is 0. The second-order valence-corrected chi connectivity index (χ2v) is 2.38. The number of nitro groups is 1. The van der Waals surface area contributed by atoms with Crippen LogP contribution in [-0.4, -0.2) is 19.9 Å². The molecule has 0 aliphatic carbocycles. The van der Waals surface area contributed by atoms with Gasteiger partial charge in [-0.1, -0.05) is 5.10 Å². The number of carbonyl (C=O) groups excluding carboxylic acids is 1. The van der Waals surface area contributed by atoms with Gasteiger partial charge in [-0.25, -0.2) is 0 Å². The average Bonchev–Trinajstić information content (AvgIpc) is 2.30. The maximum Gasteiger partial charge on any atom is 0.356 e. The van der Waals surface area contributed by atoms with E-state index in [1.807, 2.05) is 0 Å². The summed E-state index contributed by atoms with van der Waals surface area (Å²) in [7, 11) is 1.36. The highest BCUT2D eigenvalue weighted by atomic mass is 35.5. The Bertz CT molecular complexity index is 346. The molecule has 0 aliphatic rings. The molecule has 0 fully saturated rings. The van der Waals surface area contributed by atoms with E-state index in [9.17, 15) is 14.9 Å². The monoisotopic (exact) mass is 189 g/mol. The Balaban J connectivity index is 3.31. The zero-order chi connectivity index (χ0) is 9.30. The molecule has 0 saturated heterocycles. The van der Waals surface area contributed by atoms with Crippen molar-refractivity contribution in [2.45, 2.75) is 0 Å². The summed E-state index contributed by atoms with van der Waals surface area (Å²) in [5, 5.41) is 13.0. The fraction of sp³-hybridized carbons (Fsp3) is 0.200. The quantitative estimate of drug-likeness (QED) is 0.390. The molecule has 12 heavy (non-hydrogen) atoms. The third kappa shape index (κ3) is 1.28. The maximum atomic E-state index is 10.6. The second kappa shape index (κ2) is 2.90. The molecule has 0 aliphatic heterocycles. The van der Waals surface area contributed by atoms with Gasteiger partial charge in [0.1, 0.15) is 7.05 Å². The van der Waals surface area contributed by atoms with E-state index >= 15 is 0 Å². The van der Waals surface area contributed by atoms with Gasteiger partial charge in [-0.15, -0.1) is 4.68 Å². The Morgan fingerprint density at radius 2 is 2.42 bits per heavy atom. The molecule has 7 heteroatoms. The van der Waals surface area contributed by atoms with Crippen LogP contribution in [-0.2, 0) is 7.05 Å². The molecule has 0 spiro atoms. The van der Waals surface area contributed by atoms with Crippen molar-refractivity contribution in [1.82, 2.24) is 9.78 Å². The number of hydrogen-bond donors (Lipinski definition) is 0. The second-order valence-electron chi connectivity index (χ2n) is 2.04. The number of rotatable bonds is 2. The summed E-state index contributed by atoms with van der Waals surface area (Å²) in [6.07, 6.45) is 1.06. The zero-order valence-corrected chi connectivity index (χ0v) is 6.78. The van der Waals surface area contributed by atoms with Crippen molar-refractivity contribution in [3.8, 4) is 0 Å². The third-order valence-corrected chi connectivity index (χ3v) is 1.50. The lowest BCUT2D eigenvalue weighted by atomic mass is 10.4. The van der Waals surface area contributed by atoms with E-state index in [0.717, 1.165) is 10.9 Å². The van der Waals surface area contributed by atoms with E-state index in [4.69, 9.17) is 11.6 Å². The van der Waals surface area contributed by atoms with Crippen LogP contribution in [0.1, 0.15) is 10.4 Å². The Labute approximate surface area is 71.9 Å². The van der Waals surface area contributed by atoms with Crippen LogP contribution in [0.2, 0.25) is 0 Å². The lowest BCUT2D eigenvalue weighted by Gasteiger charge is -1.93. The van der Waals surface area contributed by atoms with Gasteiger partial charge < -0.3 is 10.1 Å². The standard InChI is InChI=1S/C5H4ClN3O3/c1-8-5(9(11)12)3(2-7-8)4(6)10/h2H,1H3. The van der Waals surface area contributed by atoms with Gasteiger partial charge in [0.25, 0.3) is 5.24 Å². The van der Waals surface area contributed by atoms with Crippen molar-refractivity contribution in [1.29, 1.82) is 0 Å². The fourth-order valence-electron chi connectivity index (χ4n) is 0.786. The molecule has 0 aromatic carbocycles. The van der Waals surface area contributed by atoms with Crippen LogP contribution in [0.5, 0.6) is 0 Å². The Kier molecular flexibility index (Phi) is 2.09. The Morgan fingerprint density at radius 1 is 1.83 bits per heavy atom. The van der Waals surface area contributed by atoms with E-state index in [1.54, 1.807) is 0 Å². The molecule has 0 atom stereocenters. The van der Waals surface area contributed by atoms with Crippen molar-refractivity contribution in [2.24, 2.45) is 7.05 Å². The van der Waals surface area contributed by atoms with Crippen molar-refractivity contribution < 1.29 is 9.72 Å². The third-order valence-electron chi connectivity index (χ3n) is 1.29. The summed E-state index contributed by atoms with van der Waals surface area (Å²) in [4.78, 5) is 20.2. The molecule has 0 saturated carbocycles. The van der Waals surface area contributed by atoms with Crippen LogP contribution in [0.3, 0.4) is 0 Å². The number of hydrogen-bond acceptors (Lipinski definition) is 4. The van der Waals surface area contributed by atoms with Crippen LogP contribution in [0.15, 0.2) is 6.20 Å². The lowest BCUT2D eigenvalue weighted by molar-refractivity contribution is -0.392. The summed E-state index contributed by atoms with van der Waals surface area (Å²) in [5.74, 6) is -0.394. The number of halogens is 1. The van der Waals surface area contributed by atoms with Crippen LogP contribution in [0, 0.1) is 10.1 Å². The van der Waals surface area contributed by atoms with E-state index in [-0.39, 0.29) is 5.56 Å². The van der Waals surface area contributed by atoms with E-state index in [2.05, 4.69) is 5.10 Å². The molecule has 0 amide bonds. The van der Waals surface area contributed by atoms with E-state index in [0.29, 0.717) is 0 Å². The summed E-state index contributed by atoms with van der Waals surface area (Å²) in [5.41, 5.74) is -0.191. The van der Waals surface area contributed by atoms with E-state index in [1.165, 1.54) is 7.05 Å². The highest BCUT2D eigenvalue weighted by Crippen LogP contribution is 2.18. The predicted octanol–water partition coefficient (Wildman–Crippen LogP) is 0.707. The highest BCUT2D eigenvalue weighted by Gasteiger charge is 2.23. The van der Waals surface area contributed by atoms with E-state index < -0.39 is 16.0 Å². The molecular weight excluding hydrogens is 186 g/mol. The smallest absolute Gasteiger partial charge is 0.356 e. The molecule has 1 rings (SSSR count). The van der Waals surface area contributed by atoms with Gasteiger partial charge in [-0.2, -0.15) is 0 Å². The first kappa shape index (κ1) is 8.66. The highest BCUT2D eigenvalue weighted by molar-refractivity contribution is 6.68. The molecule has 64 valence electrons. The molecule has 1 aromatic rings. The molecule has 6 nitrogen and oxygen atoms in total. The minimum atomic E-state index is -0.880. The van der Waals surface area contributed by atoms with Crippen LogP contribution in [0.4, 0.5) is 5.82 Å². The van der Waals surface area contributed by atoms with Gasteiger partial charge >= 0.3 is 5.82 Å². The minimum absolute atomic E-state index is 0.191. The largest absolute Gasteiger partial charge is 0.358 e. The summed E-state index contributed by atoms with van der Waals surface area (Å²) >= 11 is 5.07. The molecule has 0 N–H and O–H groups in total. The fourth-order valence-corrected chi connectivity index (χ4v) is 0.920. The lowest BCUT2D eigenvalue weighted by Crippen LogP contribution is -2.01. The Hall–Kier alpha value is -1.43. The summed E-state index contributed by atoms with van der Waals surface area (Å²) in [6.45, 7) is 0. The van der Waals surface area contributed by atoms with Crippen molar-refractivity contribution in [2.75, 3.05) is 0 Å². The number of aryl methyl sites for hydroxylation is 1. The first-order valence-corrected chi connectivity index (χ1v) is 3.28. The van der Waals surface area contributed by atoms with Gasteiger partial charge in [0.05, 0.1) is 6.20 Å². The van der Waals surface area contributed by atoms with Crippen molar-refractivity contribution >= 4 is 22.7 Å². The number of carbonyl (C=O) groups is 1. The zero-order valence-electron chi connectivity index (χ0n) is 6.02. The minimum Gasteiger partial charge on any atom is -0.358 e. The van der Waals surface area contributed by atoms with Crippen molar-refractivity contribution in [3.63, 3.8) is 0 Å². The molecule has 0 radical (unpaired) electrons.